The van der Waals surface area contributed by atoms with Gasteiger partial charge in [0.15, 0.2) is 17.9 Å². The number of nitrogens with zero attached hydrogens (tertiary/aromatic N) is 1. The molecule has 1 aliphatic carbocycles. The average molecular weight is 449 g/mol. The van der Waals surface area contributed by atoms with Crippen molar-refractivity contribution in [2.75, 3.05) is 14.2 Å². The molecule has 0 fully saturated rings. The average Bonchev–Trinajstić information content (AvgIpc) is 3.39. The van der Waals surface area contributed by atoms with E-state index in [1.54, 1.807) is 18.2 Å². The number of halogens is 1. The predicted octanol–water partition coefficient (Wildman–Crippen LogP) is 5.46. The second-order valence-electron chi connectivity index (χ2n) is 7.81. The lowest BCUT2D eigenvalue weighted by Crippen LogP contribution is -2.02. The van der Waals surface area contributed by atoms with E-state index in [2.05, 4.69) is 4.98 Å². The third kappa shape index (κ3) is 4.53. The first-order valence-electron chi connectivity index (χ1n) is 10.5. The van der Waals surface area contributed by atoms with Crippen LogP contribution >= 0.6 is 0 Å². The molecule has 170 valence electrons. The van der Waals surface area contributed by atoms with Crippen LogP contribution in [-0.2, 0) is 11.2 Å². The number of aromatic hydroxyl groups is 1. The Morgan fingerprint density at radius 2 is 1.88 bits per heavy atom. The van der Waals surface area contributed by atoms with Crippen LogP contribution in [0.15, 0.2) is 52.9 Å². The number of ether oxygens (including phenoxy) is 2. The number of phenolic OH excluding ortho intramolecular Hbond substituents is 1. The number of rotatable bonds is 8. The van der Waals surface area contributed by atoms with E-state index in [0.29, 0.717) is 30.1 Å². The monoisotopic (exact) mass is 449 g/mol. The number of aromatic nitrogens is 1. The highest BCUT2D eigenvalue weighted by molar-refractivity contribution is 6.05. The summed E-state index contributed by atoms with van der Waals surface area (Å²) in [5, 5.41) is 10.2. The number of fused-ring (bicyclic) bond motifs is 1. The van der Waals surface area contributed by atoms with Crippen molar-refractivity contribution in [2.45, 2.75) is 26.2 Å². The molecule has 0 saturated carbocycles. The lowest BCUT2D eigenvalue weighted by Gasteiger charge is -2.11. The molecule has 2 aromatic carbocycles. The SMILES string of the molecule is COc1cc(/C=C2/C(C)=C(CCC(=O)Cc3cnco3)c3cc(F)ccc32)cc(OC)c1O. The fourth-order valence-corrected chi connectivity index (χ4v) is 4.12. The first kappa shape index (κ1) is 22.3. The maximum absolute atomic E-state index is 14.1. The van der Waals surface area contributed by atoms with E-state index in [1.807, 2.05) is 13.0 Å². The van der Waals surface area contributed by atoms with Gasteiger partial charge < -0.3 is 19.0 Å². The quantitative estimate of drug-likeness (QED) is 0.492. The van der Waals surface area contributed by atoms with Gasteiger partial charge in [0.1, 0.15) is 17.4 Å². The number of benzene rings is 2. The Hall–Kier alpha value is -3.87. The molecule has 0 saturated heterocycles. The summed E-state index contributed by atoms with van der Waals surface area (Å²) in [7, 11) is 2.94. The first-order chi connectivity index (χ1) is 15.9. The maximum Gasteiger partial charge on any atom is 0.200 e. The lowest BCUT2D eigenvalue weighted by molar-refractivity contribution is -0.118. The smallest absolute Gasteiger partial charge is 0.200 e. The van der Waals surface area contributed by atoms with Crippen molar-refractivity contribution in [3.05, 3.63) is 76.8 Å². The van der Waals surface area contributed by atoms with Crippen LogP contribution in [-0.4, -0.2) is 30.1 Å². The topological polar surface area (TPSA) is 81.8 Å². The molecule has 1 aromatic heterocycles. The number of hydrogen-bond acceptors (Lipinski definition) is 6. The van der Waals surface area contributed by atoms with Crippen LogP contribution in [0.4, 0.5) is 4.39 Å². The second-order valence-corrected chi connectivity index (χ2v) is 7.81. The number of phenols is 1. The van der Waals surface area contributed by atoms with Crippen molar-refractivity contribution >= 4 is 23.0 Å². The minimum Gasteiger partial charge on any atom is -0.502 e. The highest BCUT2D eigenvalue weighted by Crippen LogP contribution is 2.45. The van der Waals surface area contributed by atoms with Gasteiger partial charge in [-0.05, 0) is 77.1 Å². The fourth-order valence-electron chi connectivity index (χ4n) is 4.12. The van der Waals surface area contributed by atoms with E-state index in [-0.39, 0.29) is 23.8 Å². The van der Waals surface area contributed by atoms with Crippen molar-refractivity contribution in [2.24, 2.45) is 0 Å². The predicted molar refractivity (Wildman–Crippen MR) is 123 cm³/mol. The maximum atomic E-state index is 14.1. The summed E-state index contributed by atoms with van der Waals surface area (Å²) in [6, 6.07) is 8.10. The number of oxazole rings is 1. The van der Waals surface area contributed by atoms with Crippen molar-refractivity contribution in [3.8, 4) is 17.2 Å². The van der Waals surface area contributed by atoms with Crippen LogP contribution in [0.1, 0.15) is 42.2 Å². The molecule has 7 heteroatoms. The van der Waals surface area contributed by atoms with Crippen LogP contribution < -0.4 is 9.47 Å². The zero-order valence-electron chi connectivity index (χ0n) is 18.6. The Labute approximate surface area is 191 Å². The van der Waals surface area contributed by atoms with E-state index in [1.165, 1.54) is 38.9 Å². The standard InChI is InChI=1S/C26H24FNO5/c1-15-20(7-5-18(29)12-19-13-28-14-33-19)23-11-17(27)4-6-21(23)22(15)8-16-9-24(31-2)26(30)25(10-16)32-3/h4,6,8-11,13-14,30H,5,7,12H2,1-3H3/b22-8-. The van der Waals surface area contributed by atoms with Gasteiger partial charge in [-0.1, -0.05) is 6.07 Å². The summed E-state index contributed by atoms with van der Waals surface area (Å²) < 4.78 is 29.8. The van der Waals surface area contributed by atoms with Crippen molar-refractivity contribution in [3.63, 3.8) is 0 Å². The minimum atomic E-state index is -0.332. The van der Waals surface area contributed by atoms with Crippen LogP contribution in [0.3, 0.4) is 0 Å². The number of methoxy groups -OCH3 is 2. The van der Waals surface area contributed by atoms with E-state index in [9.17, 15) is 14.3 Å². The molecule has 1 N–H and O–H groups in total. The number of allylic oxidation sites excluding steroid dienone is 3. The number of carbonyl (C=O) groups excluding carboxylic acids is 1. The van der Waals surface area contributed by atoms with E-state index in [4.69, 9.17) is 13.9 Å². The first-order valence-corrected chi connectivity index (χ1v) is 10.5. The third-order valence-electron chi connectivity index (χ3n) is 5.78. The normalized spacial score (nSPS) is 14.0. The third-order valence-corrected chi connectivity index (χ3v) is 5.78. The van der Waals surface area contributed by atoms with Gasteiger partial charge in [0.05, 0.1) is 26.8 Å². The molecule has 0 spiro atoms. The highest BCUT2D eigenvalue weighted by Gasteiger charge is 2.25. The van der Waals surface area contributed by atoms with Gasteiger partial charge in [0, 0.05) is 6.42 Å². The number of hydrogen-bond donors (Lipinski definition) is 1. The zero-order valence-corrected chi connectivity index (χ0v) is 18.6. The molecule has 1 aliphatic rings. The van der Waals surface area contributed by atoms with Gasteiger partial charge >= 0.3 is 0 Å². The molecule has 0 radical (unpaired) electrons. The van der Waals surface area contributed by atoms with Gasteiger partial charge in [-0.15, -0.1) is 0 Å². The molecule has 3 aromatic rings. The molecule has 0 atom stereocenters. The van der Waals surface area contributed by atoms with Crippen molar-refractivity contribution in [1.82, 2.24) is 4.98 Å². The van der Waals surface area contributed by atoms with Gasteiger partial charge in [-0.25, -0.2) is 9.37 Å². The Morgan fingerprint density at radius 1 is 1.15 bits per heavy atom. The van der Waals surface area contributed by atoms with Gasteiger partial charge in [0.2, 0.25) is 5.75 Å². The van der Waals surface area contributed by atoms with Crippen LogP contribution in [0.25, 0.3) is 17.2 Å². The van der Waals surface area contributed by atoms with Gasteiger partial charge in [-0.2, -0.15) is 0 Å². The fraction of sp³-hybridized carbons (Fsp3) is 0.231. The summed E-state index contributed by atoms with van der Waals surface area (Å²) in [5.41, 5.74) is 5.24. The van der Waals surface area contributed by atoms with E-state index >= 15 is 0 Å². The Morgan fingerprint density at radius 3 is 2.52 bits per heavy atom. The van der Waals surface area contributed by atoms with E-state index < -0.39 is 0 Å². The van der Waals surface area contributed by atoms with Crippen LogP contribution in [0.2, 0.25) is 0 Å². The summed E-state index contributed by atoms with van der Waals surface area (Å²) in [6.45, 7) is 1.97. The molecule has 4 rings (SSSR count). The molecule has 1 heterocycles. The molecular weight excluding hydrogens is 425 g/mol. The minimum absolute atomic E-state index is 0.0236. The van der Waals surface area contributed by atoms with Crippen molar-refractivity contribution < 1.29 is 28.2 Å². The summed E-state index contributed by atoms with van der Waals surface area (Å²) >= 11 is 0. The Bertz CT molecular complexity index is 1230. The molecule has 6 nitrogen and oxygen atoms in total. The number of Topliss-reactive ketones (excluding diaryl/α,β-unsaturated/α-hetero) is 1. The van der Waals surface area contributed by atoms with Gasteiger partial charge in [-0.3, -0.25) is 4.79 Å². The Balaban J connectivity index is 1.69. The summed E-state index contributed by atoms with van der Waals surface area (Å²) in [6.07, 6.45) is 5.74. The molecule has 0 aliphatic heterocycles. The second kappa shape index (κ2) is 9.32. The van der Waals surface area contributed by atoms with Crippen molar-refractivity contribution in [1.29, 1.82) is 0 Å². The van der Waals surface area contributed by atoms with Crippen LogP contribution in [0.5, 0.6) is 17.2 Å². The van der Waals surface area contributed by atoms with Crippen LogP contribution in [0, 0.1) is 5.82 Å². The lowest BCUT2D eigenvalue weighted by atomic mass is 9.98. The summed E-state index contributed by atoms with van der Waals surface area (Å²) in [5.74, 6) is 0.724. The zero-order chi connectivity index (χ0) is 23.5. The molecular formula is C26H24FNO5. The van der Waals surface area contributed by atoms with E-state index in [0.717, 1.165) is 33.4 Å². The number of ketones is 1. The molecule has 0 unspecified atom stereocenters. The van der Waals surface area contributed by atoms with Gasteiger partial charge in [0.25, 0.3) is 0 Å². The molecule has 0 bridgehead atoms. The Kier molecular flexibility index (Phi) is 6.31. The highest BCUT2D eigenvalue weighted by atomic mass is 19.1. The largest absolute Gasteiger partial charge is 0.502 e. The molecule has 0 amide bonds. The number of carbonyl (C=O) groups is 1. The summed E-state index contributed by atoms with van der Waals surface area (Å²) in [4.78, 5) is 16.3. The molecule has 33 heavy (non-hydrogen) atoms.